The monoisotopic (exact) mass is 112 g/mol. The van der Waals surface area contributed by atoms with Crippen molar-refractivity contribution >= 4 is 5.97 Å². The molecule has 36 valence electrons. The van der Waals surface area contributed by atoms with Crippen molar-refractivity contribution in [2.75, 3.05) is 13.7 Å². The summed E-state index contributed by atoms with van der Waals surface area (Å²) in [7, 11) is 1.30. The van der Waals surface area contributed by atoms with Crippen molar-refractivity contribution in [2.45, 2.75) is 0 Å². The normalized spacial score (nSPS) is 7.00. The largest absolute Gasteiger partial charge is 1.00 e. The van der Waals surface area contributed by atoms with Gasteiger partial charge in [0.05, 0.1) is 12.6 Å². The van der Waals surface area contributed by atoms with Gasteiger partial charge in [0.1, 0.15) is 0 Å². The molecule has 0 aliphatic carbocycles. The summed E-state index contributed by atoms with van der Waals surface area (Å²) in [6.07, 6.45) is 0. The Labute approximate surface area is 64.0 Å². The molecule has 0 bridgehead atoms. The Hall–Kier alpha value is 0.430. The minimum atomic E-state index is -1.18. The fourth-order valence-corrected chi connectivity index (χ4v) is 0.118. The maximum Gasteiger partial charge on any atom is 1.00 e. The molecule has 0 rings (SSSR count). The second-order valence-corrected chi connectivity index (χ2v) is 0.805. The predicted molar refractivity (Wildman–Crippen MR) is 16.9 cm³/mol. The van der Waals surface area contributed by atoms with Crippen molar-refractivity contribution in [3.63, 3.8) is 0 Å². The van der Waals surface area contributed by atoms with Gasteiger partial charge >= 0.3 is 29.6 Å². The van der Waals surface area contributed by atoms with E-state index in [9.17, 15) is 9.90 Å². The summed E-state index contributed by atoms with van der Waals surface area (Å²) in [5, 5.41) is 9.36. The smallest absolute Gasteiger partial charge is 0.548 e. The Morgan fingerprint density at radius 2 is 2.29 bits per heavy atom. The molecule has 0 saturated heterocycles. The van der Waals surface area contributed by atoms with Gasteiger partial charge in [-0.05, 0) is 0 Å². The fraction of sp³-hybridized carbons (Fsp3) is 0.667. The second kappa shape index (κ2) is 6.43. The van der Waals surface area contributed by atoms with Gasteiger partial charge in [0.2, 0.25) is 0 Å². The molecule has 0 aliphatic heterocycles. The first-order valence-electron chi connectivity index (χ1n) is 1.46. The molecular weight excluding hydrogens is 107 g/mol. The molecule has 0 saturated carbocycles. The van der Waals surface area contributed by atoms with E-state index in [2.05, 4.69) is 4.74 Å². The quantitative estimate of drug-likeness (QED) is 0.338. The summed E-state index contributed by atoms with van der Waals surface area (Å²) >= 11 is 0. The molecule has 0 amide bonds. The van der Waals surface area contributed by atoms with E-state index in [-0.39, 0.29) is 36.2 Å². The number of carbonyl (C=O) groups is 1. The summed E-state index contributed by atoms with van der Waals surface area (Å²) in [6, 6.07) is 0. The van der Waals surface area contributed by atoms with Gasteiger partial charge in [0, 0.05) is 7.11 Å². The van der Waals surface area contributed by atoms with E-state index >= 15 is 0 Å². The van der Waals surface area contributed by atoms with Crippen LogP contribution in [0.4, 0.5) is 0 Å². The molecule has 0 spiro atoms. The van der Waals surface area contributed by atoms with Crippen LogP contribution in [-0.4, -0.2) is 19.7 Å². The number of carboxylic acids is 1. The molecule has 3 nitrogen and oxygen atoms in total. The third-order valence-electron chi connectivity index (χ3n) is 0.262. The first kappa shape index (κ1) is 10.4. The number of hydrogen-bond donors (Lipinski definition) is 0. The van der Waals surface area contributed by atoms with Gasteiger partial charge in [-0.1, -0.05) is 0 Å². The van der Waals surface area contributed by atoms with Crippen LogP contribution in [0.1, 0.15) is 0 Å². The summed E-state index contributed by atoms with van der Waals surface area (Å²) in [5.41, 5.74) is 0. The zero-order valence-corrected chi connectivity index (χ0v) is 6.43. The average Bonchev–Trinajstić information content (AvgIpc) is 1.35. The topological polar surface area (TPSA) is 49.4 Å². The van der Waals surface area contributed by atoms with E-state index in [0.29, 0.717) is 0 Å². The molecule has 4 heteroatoms. The van der Waals surface area contributed by atoms with Crippen LogP contribution in [-0.2, 0) is 9.53 Å². The van der Waals surface area contributed by atoms with Crippen molar-refractivity contribution in [3.8, 4) is 0 Å². The number of rotatable bonds is 2. The number of carboxylic acid groups (broad SMARTS) is 1. The number of carbonyl (C=O) groups excluding carboxylic acids is 1. The molecule has 0 unspecified atom stereocenters. The SMILES string of the molecule is COCC(=O)[O-].[Na+]. The molecule has 0 atom stereocenters. The van der Waals surface area contributed by atoms with Gasteiger partial charge in [-0.15, -0.1) is 0 Å². The van der Waals surface area contributed by atoms with Crippen LogP contribution >= 0.6 is 0 Å². The fourth-order valence-electron chi connectivity index (χ4n) is 0.118. The van der Waals surface area contributed by atoms with Crippen LogP contribution in [0.5, 0.6) is 0 Å². The van der Waals surface area contributed by atoms with Gasteiger partial charge in [-0.2, -0.15) is 0 Å². The van der Waals surface area contributed by atoms with E-state index in [1.807, 2.05) is 0 Å². The first-order valence-corrected chi connectivity index (χ1v) is 1.46. The number of hydrogen-bond acceptors (Lipinski definition) is 3. The Morgan fingerprint density at radius 3 is 2.29 bits per heavy atom. The van der Waals surface area contributed by atoms with Crippen molar-refractivity contribution < 1.29 is 44.2 Å². The maximum absolute atomic E-state index is 9.36. The third kappa shape index (κ3) is 10.7. The summed E-state index contributed by atoms with van der Waals surface area (Å²) < 4.78 is 4.14. The molecule has 0 aromatic heterocycles. The Kier molecular flexibility index (Phi) is 9.57. The van der Waals surface area contributed by atoms with E-state index in [1.165, 1.54) is 7.11 Å². The Bertz CT molecular complexity index is 54.1. The molecule has 0 aliphatic rings. The standard InChI is InChI=1S/C3H6O3.Na/c1-6-2-3(4)5;/h2H2,1H3,(H,4,5);/q;+1/p-1. The van der Waals surface area contributed by atoms with Crippen LogP contribution in [0.2, 0.25) is 0 Å². The second-order valence-electron chi connectivity index (χ2n) is 0.805. The molecule has 7 heavy (non-hydrogen) atoms. The van der Waals surface area contributed by atoms with Crippen LogP contribution in [0, 0.1) is 0 Å². The van der Waals surface area contributed by atoms with E-state index < -0.39 is 5.97 Å². The minimum Gasteiger partial charge on any atom is -0.548 e. The maximum atomic E-state index is 9.36. The van der Waals surface area contributed by atoms with Gasteiger partial charge < -0.3 is 14.6 Å². The van der Waals surface area contributed by atoms with Crippen LogP contribution in [0.25, 0.3) is 0 Å². The molecular formula is C3H5NaO3. The van der Waals surface area contributed by atoms with Gasteiger partial charge in [0.25, 0.3) is 0 Å². The van der Waals surface area contributed by atoms with E-state index in [0.717, 1.165) is 0 Å². The zero-order valence-electron chi connectivity index (χ0n) is 4.43. The zero-order chi connectivity index (χ0) is 4.99. The number of ether oxygens (including phenoxy) is 1. The summed E-state index contributed by atoms with van der Waals surface area (Å²) in [4.78, 5) is 9.36. The van der Waals surface area contributed by atoms with E-state index in [4.69, 9.17) is 0 Å². The first-order chi connectivity index (χ1) is 2.77. The average molecular weight is 112 g/mol. The minimum absolute atomic E-state index is 0. The van der Waals surface area contributed by atoms with Crippen molar-refractivity contribution in [2.24, 2.45) is 0 Å². The van der Waals surface area contributed by atoms with E-state index in [1.54, 1.807) is 0 Å². The van der Waals surface area contributed by atoms with Crippen LogP contribution in [0.3, 0.4) is 0 Å². The van der Waals surface area contributed by atoms with Crippen LogP contribution in [0.15, 0.2) is 0 Å². The summed E-state index contributed by atoms with van der Waals surface area (Å²) in [6.45, 7) is -0.319. The third-order valence-corrected chi connectivity index (χ3v) is 0.262. The summed E-state index contributed by atoms with van der Waals surface area (Å²) in [5.74, 6) is -1.18. The molecule has 0 radical (unpaired) electrons. The van der Waals surface area contributed by atoms with Crippen molar-refractivity contribution in [3.05, 3.63) is 0 Å². The van der Waals surface area contributed by atoms with Crippen molar-refractivity contribution in [1.29, 1.82) is 0 Å². The Morgan fingerprint density at radius 1 is 1.86 bits per heavy atom. The van der Waals surface area contributed by atoms with Gasteiger partial charge in [0.15, 0.2) is 0 Å². The molecule has 0 heterocycles. The Balaban J connectivity index is 0. The van der Waals surface area contributed by atoms with Gasteiger partial charge in [-0.25, -0.2) is 0 Å². The number of methoxy groups -OCH3 is 1. The molecule has 0 N–H and O–H groups in total. The van der Waals surface area contributed by atoms with Gasteiger partial charge in [-0.3, -0.25) is 0 Å². The molecule has 0 aromatic rings. The van der Waals surface area contributed by atoms with Crippen LogP contribution < -0.4 is 34.7 Å². The molecule has 0 fully saturated rings. The number of aliphatic carboxylic acids is 1. The van der Waals surface area contributed by atoms with Crippen molar-refractivity contribution in [1.82, 2.24) is 0 Å². The molecule has 0 aromatic carbocycles. The predicted octanol–water partition coefficient (Wildman–Crippen LogP) is -4.61.